The molecule has 0 aliphatic carbocycles. The van der Waals surface area contributed by atoms with Gasteiger partial charge in [0.15, 0.2) is 6.61 Å². The molecule has 0 saturated carbocycles. The van der Waals surface area contributed by atoms with Gasteiger partial charge in [-0.2, -0.15) is 0 Å². The van der Waals surface area contributed by atoms with E-state index in [-0.39, 0.29) is 19.1 Å². The number of carbonyl (C=O) groups excluding carboxylic acids is 1. The zero-order chi connectivity index (χ0) is 17.9. The van der Waals surface area contributed by atoms with Gasteiger partial charge in [-0.1, -0.05) is 11.8 Å². The Morgan fingerprint density at radius 3 is 2.16 bits per heavy atom. The van der Waals surface area contributed by atoms with Gasteiger partial charge in [-0.15, -0.1) is 0 Å². The summed E-state index contributed by atoms with van der Waals surface area (Å²) in [7, 11) is 1.62. The minimum atomic E-state index is -0.224. The molecule has 130 valence electrons. The Labute approximate surface area is 147 Å². The van der Waals surface area contributed by atoms with Gasteiger partial charge in [0.25, 0.3) is 5.91 Å². The smallest absolute Gasteiger partial charge is 0.258 e. The van der Waals surface area contributed by atoms with Crippen LogP contribution in [0.15, 0.2) is 48.5 Å². The maximum absolute atomic E-state index is 11.7. The SMILES string of the molecule is CCOc1ccc(OCC(=O)NCC#Cc2ccc(OC)cc2)cc1. The summed E-state index contributed by atoms with van der Waals surface area (Å²) < 4.78 is 15.8. The number of benzene rings is 2. The molecule has 0 atom stereocenters. The molecular weight excluding hydrogens is 318 g/mol. The first kappa shape index (κ1) is 18.2. The van der Waals surface area contributed by atoms with E-state index in [1.54, 1.807) is 31.4 Å². The summed E-state index contributed by atoms with van der Waals surface area (Å²) >= 11 is 0. The van der Waals surface area contributed by atoms with Gasteiger partial charge in [0.1, 0.15) is 17.2 Å². The molecule has 1 N–H and O–H groups in total. The topological polar surface area (TPSA) is 56.8 Å². The van der Waals surface area contributed by atoms with Crippen LogP contribution in [0, 0.1) is 11.8 Å². The number of hydrogen-bond donors (Lipinski definition) is 1. The number of nitrogens with one attached hydrogen (secondary N) is 1. The molecule has 0 heterocycles. The van der Waals surface area contributed by atoms with Gasteiger partial charge >= 0.3 is 0 Å². The Balaban J connectivity index is 1.71. The zero-order valence-corrected chi connectivity index (χ0v) is 14.4. The molecule has 2 aromatic carbocycles. The molecule has 0 unspecified atom stereocenters. The predicted molar refractivity (Wildman–Crippen MR) is 96.0 cm³/mol. The van der Waals surface area contributed by atoms with Crippen molar-refractivity contribution < 1.29 is 19.0 Å². The summed E-state index contributed by atoms with van der Waals surface area (Å²) in [4.78, 5) is 11.7. The molecule has 25 heavy (non-hydrogen) atoms. The van der Waals surface area contributed by atoms with Crippen LogP contribution in [0.4, 0.5) is 0 Å². The summed E-state index contributed by atoms with van der Waals surface area (Å²) in [5.74, 6) is 7.81. The summed E-state index contributed by atoms with van der Waals surface area (Å²) in [5.41, 5.74) is 0.862. The third-order valence-corrected chi connectivity index (χ3v) is 3.20. The lowest BCUT2D eigenvalue weighted by molar-refractivity contribution is -0.122. The molecule has 1 amide bonds. The highest BCUT2D eigenvalue weighted by atomic mass is 16.5. The second-order valence-electron chi connectivity index (χ2n) is 5.00. The molecule has 0 bridgehead atoms. The minimum absolute atomic E-state index is 0.0573. The van der Waals surface area contributed by atoms with Crippen molar-refractivity contribution in [3.05, 3.63) is 54.1 Å². The summed E-state index contributed by atoms with van der Waals surface area (Å²) in [6.45, 7) is 2.74. The van der Waals surface area contributed by atoms with E-state index in [1.807, 2.05) is 31.2 Å². The Kier molecular flexibility index (Phi) is 7.20. The van der Waals surface area contributed by atoms with Gasteiger partial charge < -0.3 is 19.5 Å². The van der Waals surface area contributed by atoms with Crippen molar-refractivity contribution in [2.24, 2.45) is 0 Å². The molecule has 0 aliphatic rings. The second kappa shape index (κ2) is 9.89. The number of ether oxygens (including phenoxy) is 3. The third-order valence-electron chi connectivity index (χ3n) is 3.20. The monoisotopic (exact) mass is 339 g/mol. The van der Waals surface area contributed by atoms with Crippen molar-refractivity contribution >= 4 is 5.91 Å². The van der Waals surface area contributed by atoms with E-state index in [2.05, 4.69) is 17.2 Å². The molecule has 0 aliphatic heterocycles. The molecule has 0 fully saturated rings. The average Bonchev–Trinajstić information content (AvgIpc) is 2.65. The van der Waals surface area contributed by atoms with Crippen molar-refractivity contribution in [1.82, 2.24) is 5.32 Å². The van der Waals surface area contributed by atoms with Crippen molar-refractivity contribution in [2.75, 3.05) is 26.9 Å². The molecule has 5 nitrogen and oxygen atoms in total. The van der Waals surface area contributed by atoms with Crippen LogP contribution in [0.25, 0.3) is 0 Å². The Bertz CT molecular complexity index is 727. The lowest BCUT2D eigenvalue weighted by Gasteiger charge is -2.07. The highest BCUT2D eigenvalue weighted by molar-refractivity contribution is 5.77. The quantitative estimate of drug-likeness (QED) is 0.788. The highest BCUT2D eigenvalue weighted by Gasteiger charge is 2.01. The van der Waals surface area contributed by atoms with E-state index in [1.165, 1.54) is 0 Å². The molecule has 5 heteroatoms. The van der Waals surface area contributed by atoms with Crippen LogP contribution in [0.5, 0.6) is 17.2 Å². The van der Waals surface area contributed by atoms with E-state index < -0.39 is 0 Å². The molecule has 0 aromatic heterocycles. The van der Waals surface area contributed by atoms with Gasteiger partial charge in [-0.05, 0) is 55.5 Å². The van der Waals surface area contributed by atoms with Crippen molar-refractivity contribution in [2.45, 2.75) is 6.92 Å². The van der Waals surface area contributed by atoms with Crippen LogP contribution >= 0.6 is 0 Å². The third kappa shape index (κ3) is 6.48. The predicted octanol–water partition coefficient (Wildman–Crippen LogP) is 2.64. The van der Waals surface area contributed by atoms with E-state index in [9.17, 15) is 4.79 Å². The maximum atomic E-state index is 11.7. The van der Waals surface area contributed by atoms with Gasteiger partial charge in [0, 0.05) is 5.56 Å². The van der Waals surface area contributed by atoms with Crippen molar-refractivity contribution in [3.63, 3.8) is 0 Å². The van der Waals surface area contributed by atoms with E-state index in [0.29, 0.717) is 12.4 Å². The zero-order valence-electron chi connectivity index (χ0n) is 14.4. The molecule has 0 spiro atoms. The van der Waals surface area contributed by atoms with Crippen LogP contribution < -0.4 is 19.5 Å². The molecule has 0 radical (unpaired) electrons. The summed E-state index contributed by atoms with van der Waals surface area (Å²) in [5, 5.41) is 2.69. The van der Waals surface area contributed by atoms with Crippen molar-refractivity contribution in [3.8, 4) is 29.1 Å². The van der Waals surface area contributed by atoms with E-state index in [0.717, 1.165) is 17.1 Å². The first-order chi connectivity index (χ1) is 12.2. The van der Waals surface area contributed by atoms with Gasteiger partial charge in [-0.25, -0.2) is 0 Å². The van der Waals surface area contributed by atoms with Crippen LogP contribution in [0.2, 0.25) is 0 Å². The Morgan fingerprint density at radius 1 is 0.960 bits per heavy atom. The van der Waals surface area contributed by atoms with Gasteiger partial charge in [0.05, 0.1) is 20.3 Å². The van der Waals surface area contributed by atoms with Crippen molar-refractivity contribution in [1.29, 1.82) is 0 Å². The lowest BCUT2D eigenvalue weighted by Crippen LogP contribution is -2.29. The standard InChI is InChI=1S/C20H21NO4/c1-3-24-18-10-12-19(13-11-18)25-15-20(22)21-14-4-5-16-6-8-17(23-2)9-7-16/h6-13H,3,14-15H2,1-2H3,(H,21,22). The summed E-state index contributed by atoms with van der Waals surface area (Å²) in [6, 6.07) is 14.5. The van der Waals surface area contributed by atoms with Gasteiger partial charge in [0.2, 0.25) is 0 Å². The molecular formula is C20H21NO4. The number of hydrogen-bond acceptors (Lipinski definition) is 4. The molecule has 0 saturated heterocycles. The van der Waals surface area contributed by atoms with Crippen LogP contribution in [-0.4, -0.2) is 32.8 Å². The maximum Gasteiger partial charge on any atom is 0.258 e. The lowest BCUT2D eigenvalue weighted by atomic mass is 10.2. The summed E-state index contributed by atoms with van der Waals surface area (Å²) in [6.07, 6.45) is 0. The average molecular weight is 339 g/mol. The highest BCUT2D eigenvalue weighted by Crippen LogP contribution is 2.17. The van der Waals surface area contributed by atoms with E-state index >= 15 is 0 Å². The van der Waals surface area contributed by atoms with Gasteiger partial charge in [-0.3, -0.25) is 4.79 Å². The number of methoxy groups -OCH3 is 1. The fourth-order valence-corrected chi connectivity index (χ4v) is 1.96. The molecule has 2 rings (SSSR count). The number of amides is 1. The first-order valence-electron chi connectivity index (χ1n) is 7.96. The Morgan fingerprint density at radius 2 is 1.56 bits per heavy atom. The molecule has 2 aromatic rings. The normalized spacial score (nSPS) is 9.52. The first-order valence-corrected chi connectivity index (χ1v) is 7.96. The fraction of sp³-hybridized carbons (Fsp3) is 0.250. The largest absolute Gasteiger partial charge is 0.497 e. The van der Waals surface area contributed by atoms with E-state index in [4.69, 9.17) is 14.2 Å². The van der Waals surface area contributed by atoms with Crippen LogP contribution in [0.1, 0.15) is 12.5 Å². The Hall–Kier alpha value is -3.13. The van der Waals surface area contributed by atoms with Crippen LogP contribution in [-0.2, 0) is 4.79 Å². The number of rotatable bonds is 7. The minimum Gasteiger partial charge on any atom is -0.497 e. The number of carbonyl (C=O) groups is 1. The fourth-order valence-electron chi connectivity index (χ4n) is 1.96. The van der Waals surface area contributed by atoms with Crippen LogP contribution in [0.3, 0.4) is 0 Å². The second-order valence-corrected chi connectivity index (χ2v) is 5.00.